The molecule has 0 saturated carbocycles. The normalized spacial score (nSPS) is 20.5. The van der Waals surface area contributed by atoms with Crippen molar-refractivity contribution in [3.63, 3.8) is 0 Å². The van der Waals surface area contributed by atoms with E-state index in [-0.39, 0.29) is 29.8 Å². The number of rotatable bonds is 8. The molecule has 1 fully saturated rings. The van der Waals surface area contributed by atoms with Crippen LogP contribution in [0.4, 0.5) is 0 Å². The lowest BCUT2D eigenvalue weighted by molar-refractivity contribution is -0.125. The van der Waals surface area contributed by atoms with Gasteiger partial charge in [-0.1, -0.05) is 19.9 Å². The zero-order chi connectivity index (χ0) is 24.9. The molecule has 2 aromatic rings. The summed E-state index contributed by atoms with van der Waals surface area (Å²) >= 11 is 3.14. The summed E-state index contributed by atoms with van der Waals surface area (Å²) in [4.78, 5) is 29.5. The van der Waals surface area contributed by atoms with Crippen LogP contribution >= 0.6 is 15.9 Å². The van der Waals surface area contributed by atoms with Gasteiger partial charge in [-0.25, -0.2) is 13.4 Å². The smallest absolute Gasteiger partial charge is 0.287 e. The molecule has 0 spiro atoms. The fraction of sp³-hybridized carbons (Fsp3) is 0.500. The minimum atomic E-state index is -3.87. The summed E-state index contributed by atoms with van der Waals surface area (Å²) in [5.74, 6) is -0.797. The van der Waals surface area contributed by atoms with Gasteiger partial charge < -0.3 is 20.2 Å². The first-order chi connectivity index (χ1) is 16.1. The molecule has 2 amide bonds. The van der Waals surface area contributed by atoms with E-state index in [2.05, 4.69) is 31.5 Å². The molecule has 3 heterocycles. The van der Waals surface area contributed by atoms with Crippen LogP contribution in [-0.4, -0.2) is 65.9 Å². The molecule has 1 aliphatic rings. The molecule has 3 atom stereocenters. The number of carbonyl (C=O) groups is 2. The van der Waals surface area contributed by atoms with Crippen molar-refractivity contribution in [3.05, 3.63) is 47.0 Å². The number of nitrogens with one attached hydrogen (secondary N) is 2. The molecule has 2 aromatic heterocycles. The zero-order valence-electron chi connectivity index (χ0n) is 19.0. The van der Waals surface area contributed by atoms with E-state index in [1.165, 1.54) is 22.6 Å². The topological polar surface area (TPSA) is 142 Å². The van der Waals surface area contributed by atoms with E-state index in [4.69, 9.17) is 4.42 Å². The second-order valence-corrected chi connectivity index (χ2v) is 11.3. The fourth-order valence-electron chi connectivity index (χ4n) is 3.78. The maximum Gasteiger partial charge on any atom is 0.287 e. The molecule has 12 heteroatoms. The molecule has 0 aliphatic carbocycles. The Hall–Kier alpha value is -2.28. The third kappa shape index (κ3) is 6.65. The van der Waals surface area contributed by atoms with Crippen molar-refractivity contribution in [2.75, 3.05) is 13.1 Å². The van der Waals surface area contributed by atoms with Gasteiger partial charge in [-0.05, 0) is 65.4 Å². The van der Waals surface area contributed by atoms with Crippen molar-refractivity contribution in [1.82, 2.24) is 19.9 Å². The van der Waals surface area contributed by atoms with Crippen molar-refractivity contribution in [1.29, 1.82) is 0 Å². The maximum atomic E-state index is 13.1. The van der Waals surface area contributed by atoms with Gasteiger partial charge in [-0.15, -0.1) is 0 Å². The van der Waals surface area contributed by atoms with Crippen molar-refractivity contribution in [3.8, 4) is 0 Å². The molecule has 1 aliphatic heterocycles. The standard InChI is InChI=1S/C22H29BrN4O6S/c1-14(2)12-16(26-22(30)18-8-9-19(23)33-18)21(29)25-15-6-5-11-27(13-17(15)28)34(31,32)20-7-3-4-10-24-20/h3-4,7-10,14-17,28H,5-6,11-13H2,1-2H3,(H,25,29)(H,26,30)/t15?,16-,17?/m0/s1. The molecule has 3 N–H and O–H groups in total. The van der Waals surface area contributed by atoms with Gasteiger partial charge in [0, 0.05) is 19.3 Å². The number of carbonyl (C=O) groups excluding carboxylic acids is 2. The van der Waals surface area contributed by atoms with E-state index in [0.29, 0.717) is 23.9 Å². The Kier molecular flexibility index (Phi) is 8.85. The van der Waals surface area contributed by atoms with Gasteiger partial charge in [0.15, 0.2) is 15.5 Å². The molecule has 0 bridgehead atoms. The predicted octanol–water partition coefficient (Wildman–Crippen LogP) is 1.91. The van der Waals surface area contributed by atoms with E-state index in [1.54, 1.807) is 18.2 Å². The third-order valence-corrected chi connectivity index (χ3v) is 7.68. The highest BCUT2D eigenvalue weighted by Crippen LogP contribution is 2.20. The summed E-state index contributed by atoms with van der Waals surface area (Å²) in [6.45, 7) is 3.88. The number of aromatic nitrogens is 1. The lowest BCUT2D eigenvalue weighted by Gasteiger charge is -2.27. The van der Waals surface area contributed by atoms with Crippen LogP contribution in [0.15, 0.2) is 50.6 Å². The molecule has 34 heavy (non-hydrogen) atoms. The average Bonchev–Trinajstić information content (AvgIpc) is 3.14. The summed E-state index contributed by atoms with van der Waals surface area (Å²) in [6, 6.07) is 6.18. The molecular weight excluding hydrogens is 528 g/mol. The minimum Gasteiger partial charge on any atom is -0.444 e. The van der Waals surface area contributed by atoms with E-state index in [1.807, 2.05) is 13.8 Å². The van der Waals surface area contributed by atoms with Gasteiger partial charge in [-0.3, -0.25) is 9.59 Å². The summed E-state index contributed by atoms with van der Waals surface area (Å²) in [5, 5.41) is 16.2. The van der Waals surface area contributed by atoms with Crippen LogP contribution in [0.3, 0.4) is 0 Å². The maximum absolute atomic E-state index is 13.1. The van der Waals surface area contributed by atoms with E-state index in [9.17, 15) is 23.1 Å². The number of aliphatic hydroxyl groups is 1. The Morgan fingerprint density at radius 2 is 2.06 bits per heavy atom. The number of sulfonamides is 1. The average molecular weight is 557 g/mol. The summed E-state index contributed by atoms with van der Waals surface area (Å²) in [5.41, 5.74) is 0. The van der Waals surface area contributed by atoms with Crippen molar-refractivity contribution in [2.24, 2.45) is 5.92 Å². The minimum absolute atomic E-state index is 0.0679. The highest BCUT2D eigenvalue weighted by Gasteiger charge is 2.35. The highest BCUT2D eigenvalue weighted by atomic mass is 79.9. The van der Waals surface area contributed by atoms with E-state index < -0.39 is 40.0 Å². The number of amides is 2. The lowest BCUT2D eigenvalue weighted by Crippen LogP contribution is -2.54. The number of nitrogens with zero attached hydrogens (tertiary/aromatic N) is 2. The van der Waals surface area contributed by atoms with Crippen LogP contribution in [0.1, 0.15) is 43.7 Å². The van der Waals surface area contributed by atoms with E-state index >= 15 is 0 Å². The Morgan fingerprint density at radius 3 is 2.68 bits per heavy atom. The second-order valence-electron chi connectivity index (χ2n) is 8.62. The highest BCUT2D eigenvalue weighted by molar-refractivity contribution is 9.10. The number of halogens is 1. The number of hydrogen-bond donors (Lipinski definition) is 3. The number of furan rings is 1. The van der Waals surface area contributed by atoms with Gasteiger partial charge >= 0.3 is 0 Å². The van der Waals surface area contributed by atoms with E-state index in [0.717, 1.165) is 0 Å². The van der Waals surface area contributed by atoms with Gasteiger partial charge in [-0.2, -0.15) is 4.31 Å². The van der Waals surface area contributed by atoms with Crippen molar-refractivity contribution < 1.29 is 27.5 Å². The number of pyridine rings is 1. The van der Waals surface area contributed by atoms with Gasteiger partial charge in [0.1, 0.15) is 6.04 Å². The van der Waals surface area contributed by atoms with Crippen LogP contribution in [-0.2, 0) is 14.8 Å². The summed E-state index contributed by atoms with van der Waals surface area (Å²) in [6.07, 6.45) is 1.47. The number of hydrogen-bond acceptors (Lipinski definition) is 7. The first-order valence-corrected chi connectivity index (χ1v) is 13.3. The first-order valence-electron chi connectivity index (χ1n) is 11.0. The molecule has 186 valence electrons. The van der Waals surface area contributed by atoms with Crippen molar-refractivity contribution in [2.45, 2.75) is 56.3 Å². The van der Waals surface area contributed by atoms with Crippen LogP contribution in [0.5, 0.6) is 0 Å². The molecule has 3 rings (SSSR count). The van der Waals surface area contributed by atoms with Crippen LogP contribution < -0.4 is 10.6 Å². The van der Waals surface area contributed by atoms with Crippen LogP contribution in [0.25, 0.3) is 0 Å². The fourth-order valence-corrected chi connectivity index (χ4v) is 5.51. The summed E-state index contributed by atoms with van der Waals surface area (Å²) in [7, 11) is -3.87. The molecule has 1 saturated heterocycles. The molecular formula is C22H29BrN4O6S. The Labute approximate surface area is 207 Å². The van der Waals surface area contributed by atoms with Crippen molar-refractivity contribution >= 4 is 37.8 Å². The number of β-amino-alcohol motifs (C(OH)–C–C–N with tert-alkyl or cyclic N) is 1. The third-order valence-electron chi connectivity index (χ3n) is 5.47. The monoisotopic (exact) mass is 556 g/mol. The molecule has 2 unspecified atom stereocenters. The predicted molar refractivity (Wildman–Crippen MR) is 127 cm³/mol. The van der Waals surface area contributed by atoms with Crippen LogP contribution in [0.2, 0.25) is 0 Å². The van der Waals surface area contributed by atoms with Crippen LogP contribution in [0, 0.1) is 5.92 Å². The van der Waals surface area contributed by atoms with Gasteiger partial charge in [0.05, 0.1) is 12.1 Å². The molecule has 10 nitrogen and oxygen atoms in total. The molecule has 0 radical (unpaired) electrons. The first kappa shape index (κ1) is 26.3. The van der Waals surface area contributed by atoms with Gasteiger partial charge in [0.25, 0.3) is 15.9 Å². The quantitative estimate of drug-likeness (QED) is 0.450. The Morgan fingerprint density at radius 1 is 1.29 bits per heavy atom. The molecule has 0 aromatic carbocycles. The second kappa shape index (κ2) is 11.4. The Balaban J connectivity index is 1.67. The SMILES string of the molecule is CC(C)C[C@H](NC(=O)c1ccc(Br)o1)C(=O)NC1CCCN(S(=O)(=O)c2ccccn2)CC1O. The lowest BCUT2D eigenvalue weighted by atomic mass is 10.0. The Bertz CT molecular complexity index is 1090. The number of aliphatic hydroxyl groups excluding tert-OH is 1. The van der Waals surface area contributed by atoms with Gasteiger partial charge in [0.2, 0.25) is 5.91 Å². The summed E-state index contributed by atoms with van der Waals surface area (Å²) < 4.78 is 32.7. The largest absolute Gasteiger partial charge is 0.444 e. The zero-order valence-corrected chi connectivity index (χ0v) is 21.4.